The summed E-state index contributed by atoms with van der Waals surface area (Å²) in [6.45, 7) is 1.88. The van der Waals surface area contributed by atoms with Gasteiger partial charge in [-0.1, -0.05) is 29.1 Å². The van der Waals surface area contributed by atoms with Gasteiger partial charge in [-0.3, -0.25) is 4.79 Å². The predicted octanol–water partition coefficient (Wildman–Crippen LogP) is 2.24. The van der Waals surface area contributed by atoms with Crippen molar-refractivity contribution in [1.29, 1.82) is 0 Å². The SMILES string of the molecule is Cc1occc1-c1nnc(SCn2nnc3ccccc3c2=O)n1C. The van der Waals surface area contributed by atoms with Gasteiger partial charge >= 0.3 is 0 Å². The lowest BCUT2D eigenvalue weighted by atomic mass is 10.2. The molecule has 0 aliphatic heterocycles. The molecule has 1 aromatic carbocycles. The molecule has 3 heterocycles. The van der Waals surface area contributed by atoms with Crippen LogP contribution in [0.4, 0.5) is 0 Å². The monoisotopic (exact) mass is 354 g/mol. The highest BCUT2D eigenvalue weighted by Gasteiger charge is 2.15. The Morgan fingerprint density at radius 3 is 2.80 bits per heavy atom. The summed E-state index contributed by atoms with van der Waals surface area (Å²) in [5, 5.41) is 17.7. The lowest BCUT2D eigenvalue weighted by Gasteiger charge is -2.05. The van der Waals surface area contributed by atoms with E-state index in [0.29, 0.717) is 27.8 Å². The summed E-state index contributed by atoms with van der Waals surface area (Å²) in [6, 6.07) is 9.01. The first-order chi connectivity index (χ1) is 12.1. The molecule has 4 aromatic rings. The van der Waals surface area contributed by atoms with Gasteiger partial charge in [0.1, 0.15) is 11.3 Å². The molecule has 0 amide bonds. The van der Waals surface area contributed by atoms with Crippen LogP contribution in [-0.2, 0) is 12.9 Å². The second-order valence-electron chi connectivity index (χ2n) is 5.44. The summed E-state index contributed by atoms with van der Waals surface area (Å²) in [5.41, 5.74) is 1.31. The summed E-state index contributed by atoms with van der Waals surface area (Å²) in [7, 11) is 1.87. The number of thioether (sulfide) groups is 1. The maximum Gasteiger partial charge on any atom is 0.278 e. The molecular weight excluding hydrogens is 340 g/mol. The lowest BCUT2D eigenvalue weighted by Crippen LogP contribution is -2.23. The summed E-state index contributed by atoms with van der Waals surface area (Å²) in [6.07, 6.45) is 1.62. The number of aromatic nitrogens is 6. The van der Waals surface area contributed by atoms with Gasteiger partial charge in [0.05, 0.1) is 23.1 Å². The third kappa shape index (κ3) is 2.72. The van der Waals surface area contributed by atoms with E-state index in [1.807, 2.05) is 36.7 Å². The molecule has 25 heavy (non-hydrogen) atoms. The normalized spacial score (nSPS) is 11.3. The van der Waals surface area contributed by atoms with Gasteiger partial charge in [-0.2, -0.15) is 4.68 Å². The highest BCUT2D eigenvalue weighted by molar-refractivity contribution is 7.98. The molecule has 0 saturated heterocycles. The Hall–Kier alpha value is -2.94. The van der Waals surface area contributed by atoms with Crippen LogP contribution in [0, 0.1) is 6.92 Å². The van der Waals surface area contributed by atoms with Crippen LogP contribution < -0.4 is 5.56 Å². The van der Waals surface area contributed by atoms with E-state index in [1.165, 1.54) is 16.4 Å². The van der Waals surface area contributed by atoms with Crippen molar-refractivity contribution in [3.63, 3.8) is 0 Å². The maximum absolute atomic E-state index is 12.5. The fraction of sp³-hybridized carbons (Fsp3) is 0.188. The van der Waals surface area contributed by atoms with E-state index in [1.54, 1.807) is 18.4 Å². The molecule has 4 rings (SSSR count). The summed E-state index contributed by atoms with van der Waals surface area (Å²) < 4.78 is 8.50. The van der Waals surface area contributed by atoms with Gasteiger partial charge < -0.3 is 8.98 Å². The molecule has 126 valence electrons. The molecule has 0 fully saturated rings. The van der Waals surface area contributed by atoms with E-state index in [9.17, 15) is 4.79 Å². The summed E-state index contributed by atoms with van der Waals surface area (Å²) in [5.74, 6) is 1.79. The Labute approximate surface area is 146 Å². The highest BCUT2D eigenvalue weighted by Crippen LogP contribution is 2.26. The molecular formula is C16H14N6O2S. The zero-order valence-electron chi connectivity index (χ0n) is 13.6. The van der Waals surface area contributed by atoms with Crippen LogP contribution in [0.25, 0.3) is 22.3 Å². The predicted molar refractivity (Wildman–Crippen MR) is 93.1 cm³/mol. The van der Waals surface area contributed by atoms with Crippen molar-refractivity contribution in [2.75, 3.05) is 0 Å². The molecule has 8 nitrogen and oxygen atoms in total. The zero-order chi connectivity index (χ0) is 17.4. The maximum atomic E-state index is 12.5. The van der Waals surface area contributed by atoms with E-state index < -0.39 is 0 Å². The fourth-order valence-corrected chi connectivity index (χ4v) is 3.30. The van der Waals surface area contributed by atoms with Gasteiger partial charge in [-0.15, -0.1) is 15.3 Å². The molecule has 9 heteroatoms. The third-order valence-electron chi connectivity index (χ3n) is 3.88. The minimum Gasteiger partial charge on any atom is -0.469 e. The number of benzene rings is 1. The number of hydrogen-bond acceptors (Lipinski definition) is 7. The van der Waals surface area contributed by atoms with Crippen LogP contribution in [0.15, 0.2) is 51.0 Å². The topological polar surface area (TPSA) is 91.6 Å². The van der Waals surface area contributed by atoms with E-state index in [4.69, 9.17) is 4.42 Å². The molecule has 0 unspecified atom stereocenters. The first-order valence-electron chi connectivity index (χ1n) is 7.54. The molecule has 3 aromatic heterocycles. The number of rotatable bonds is 4. The fourth-order valence-electron chi connectivity index (χ4n) is 2.52. The highest BCUT2D eigenvalue weighted by atomic mass is 32.2. The number of hydrogen-bond donors (Lipinski definition) is 0. The second kappa shape index (κ2) is 6.17. The number of furan rings is 1. The number of fused-ring (bicyclic) bond motifs is 1. The zero-order valence-corrected chi connectivity index (χ0v) is 14.4. The van der Waals surface area contributed by atoms with Gasteiger partial charge in [0.2, 0.25) is 0 Å². The van der Waals surface area contributed by atoms with Crippen molar-refractivity contribution >= 4 is 22.7 Å². The Balaban J connectivity index is 1.60. The van der Waals surface area contributed by atoms with Crippen molar-refractivity contribution in [2.24, 2.45) is 7.05 Å². The third-order valence-corrected chi connectivity index (χ3v) is 4.87. The molecule has 0 spiro atoms. The van der Waals surface area contributed by atoms with Crippen LogP contribution in [-0.4, -0.2) is 29.8 Å². The van der Waals surface area contributed by atoms with Crippen molar-refractivity contribution < 1.29 is 4.42 Å². The largest absolute Gasteiger partial charge is 0.469 e. The quantitative estimate of drug-likeness (QED) is 0.519. The molecule has 0 aliphatic carbocycles. The summed E-state index contributed by atoms with van der Waals surface area (Å²) >= 11 is 1.37. The minimum atomic E-state index is -0.175. The van der Waals surface area contributed by atoms with E-state index in [-0.39, 0.29) is 5.56 Å². The average molecular weight is 354 g/mol. The molecule has 0 saturated carbocycles. The Kier molecular flexibility index (Phi) is 3.85. The van der Waals surface area contributed by atoms with Crippen LogP contribution >= 0.6 is 11.8 Å². The Bertz CT molecular complexity index is 1110. The van der Waals surface area contributed by atoms with Crippen molar-refractivity contribution in [2.45, 2.75) is 18.0 Å². The lowest BCUT2D eigenvalue weighted by molar-refractivity contribution is 0.534. The van der Waals surface area contributed by atoms with Crippen LogP contribution in [0.3, 0.4) is 0 Å². The first-order valence-corrected chi connectivity index (χ1v) is 8.53. The molecule has 0 aliphatic rings. The molecule has 0 N–H and O–H groups in total. The van der Waals surface area contributed by atoms with Crippen LogP contribution in [0.5, 0.6) is 0 Å². The van der Waals surface area contributed by atoms with Crippen molar-refractivity contribution in [3.8, 4) is 11.4 Å². The average Bonchev–Trinajstić information content (AvgIpc) is 3.20. The van der Waals surface area contributed by atoms with Gasteiger partial charge in [0, 0.05) is 7.05 Å². The standard InChI is InChI=1S/C16H14N6O2S/c1-10-11(7-8-24-10)14-18-19-16(21(14)2)25-9-22-15(23)12-5-3-4-6-13(12)17-20-22/h3-8H,9H2,1-2H3. The molecule has 0 bridgehead atoms. The van der Waals surface area contributed by atoms with Crippen molar-refractivity contribution in [1.82, 2.24) is 29.8 Å². The minimum absolute atomic E-state index is 0.175. The van der Waals surface area contributed by atoms with Gasteiger partial charge in [0.15, 0.2) is 11.0 Å². The smallest absolute Gasteiger partial charge is 0.278 e. The van der Waals surface area contributed by atoms with Gasteiger partial charge in [-0.25, -0.2) is 0 Å². The Morgan fingerprint density at radius 1 is 1.16 bits per heavy atom. The van der Waals surface area contributed by atoms with Gasteiger partial charge in [0.25, 0.3) is 5.56 Å². The first kappa shape index (κ1) is 15.6. The Morgan fingerprint density at radius 2 is 2.00 bits per heavy atom. The number of aryl methyl sites for hydroxylation is 1. The second-order valence-corrected chi connectivity index (χ2v) is 6.35. The van der Waals surface area contributed by atoms with E-state index >= 15 is 0 Å². The van der Waals surface area contributed by atoms with Gasteiger partial charge in [-0.05, 0) is 25.1 Å². The van der Waals surface area contributed by atoms with E-state index in [0.717, 1.165) is 11.3 Å². The van der Waals surface area contributed by atoms with Crippen LogP contribution in [0.1, 0.15) is 5.76 Å². The summed E-state index contributed by atoms with van der Waals surface area (Å²) in [4.78, 5) is 12.5. The van der Waals surface area contributed by atoms with E-state index in [2.05, 4.69) is 20.5 Å². The van der Waals surface area contributed by atoms with Crippen LogP contribution in [0.2, 0.25) is 0 Å². The van der Waals surface area contributed by atoms with Crippen molar-refractivity contribution in [3.05, 3.63) is 52.7 Å². The number of nitrogens with zero attached hydrogens (tertiary/aromatic N) is 6. The molecule has 0 radical (unpaired) electrons. The molecule has 0 atom stereocenters.